The van der Waals surface area contributed by atoms with E-state index in [-0.39, 0.29) is 5.82 Å². The van der Waals surface area contributed by atoms with Crippen molar-refractivity contribution in [3.05, 3.63) is 45.7 Å². The molecule has 21 heavy (non-hydrogen) atoms. The molecule has 0 saturated carbocycles. The van der Waals surface area contributed by atoms with Crippen LogP contribution in [0.15, 0.2) is 24.3 Å². The molecule has 1 aromatic heterocycles. The summed E-state index contributed by atoms with van der Waals surface area (Å²) in [6, 6.07) is 6.53. The van der Waals surface area contributed by atoms with Gasteiger partial charge in [-0.2, -0.15) is 0 Å². The number of aryl methyl sites for hydroxylation is 1. The predicted octanol–water partition coefficient (Wildman–Crippen LogP) is 2.44. The first-order chi connectivity index (χ1) is 10.3. The highest BCUT2D eigenvalue weighted by atomic mass is 32.1. The van der Waals surface area contributed by atoms with Crippen LogP contribution in [0, 0.1) is 5.82 Å². The first-order valence-electron chi connectivity index (χ1n) is 7.03. The molecule has 2 aromatic rings. The molecule has 0 saturated heterocycles. The molecule has 4 nitrogen and oxygen atoms in total. The Balaban J connectivity index is 1.72. The van der Waals surface area contributed by atoms with Gasteiger partial charge in [0.25, 0.3) is 0 Å². The van der Waals surface area contributed by atoms with E-state index in [9.17, 15) is 4.39 Å². The van der Waals surface area contributed by atoms with E-state index in [0.717, 1.165) is 48.1 Å². The van der Waals surface area contributed by atoms with Crippen molar-refractivity contribution in [2.45, 2.75) is 19.3 Å². The SMILES string of the molecule is COCCNCCCc1nnc(Cc2ccc(F)cc2)s1. The fourth-order valence-electron chi connectivity index (χ4n) is 1.90. The van der Waals surface area contributed by atoms with E-state index in [1.165, 1.54) is 12.1 Å². The van der Waals surface area contributed by atoms with E-state index >= 15 is 0 Å². The second-order valence-electron chi connectivity index (χ2n) is 4.74. The molecule has 0 aliphatic heterocycles. The molecule has 2 rings (SSSR count). The number of aromatic nitrogens is 2. The molecule has 1 aromatic carbocycles. The molecule has 0 unspecified atom stereocenters. The Morgan fingerprint density at radius 3 is 2.67 bits per heavy atom. The number of rotatable bonds is 9. The zero-order chi connectivity index (χ0) is 14.9. The van der Waals surface area contributed by atoms with Gasteiger partial charge in [-0.05, 0) is 30.7 Å². The Morgan fingerprint density at radius 1 is 1.14 bits per heavy atom. The smallest absolute Gasteiger partial charge is 0.123 e. The molecular weight excluding hydrogens is 289 g/mol. The van der Waals surface area contributed by atoms with Crippen LogP contribution >= 0.6 is 11.3 Å². The normalized spacial score (nSPS) is 11.0. The molecule has 0 amide bonds. The molecule has 0 fully saturated rings. The molecule has 0 aliphatic carbocycles. The summed E-state index contributed by atoms with van der Waals surface area (Å²) >= 11 is 1.63. The van der Waals surface area contributed by atoms with Gasteiger partial charge in [-0.15, -0.1) is 21.5 Å². The Kier molecular flexibility index (Phi) is 6.72. The van der Waals surface area contributed by atoms with Gasteiger partial charge in [0.2, 0.25) is 0 Å². The van der Waals surface area contributed by atoms with Crippen LogP contribution in [-0.4, -0.2) is 37.0 Å². The lowest BCUT2D eigenvalue weighted by Crippen LogP contribution is -2.20. The number of methoxy groups -OCH3 is 1. The average Bonchev–Trinajstić information content (AvgIpc) is 2.93. The van der Waals surface area contributed by atoms with Crippen LogP contribution in [0.25, 0.3) is 0 Å². The molecule has 114 valence electrons. The highest BCUT2D eigenvalue weighted by Crippen LogP contribution is 2.16. The largest absolute Gasteiger partial charge is 0.383 e. The molecule has 6 heteroatoms. The van der Waals surface area contributed by atoms with E-state index in [1.807, 2.05) is 0 Å². The standard InChI is InChI=1S/C15H20FN3OS/c1-20-10-9-17-8-2-3-14-18-19-15(21-14)11-12-4-6-13(16)7-5-12/h4-7,17H,2-3,8-11H2,1H3. The highest BCUT2D eigenvalue weighted by Gasteiger charge is 2.05. The van der Waals surface area contributed by atoms with Crippen molar-refractivity contribution in [1.29, 1.82) is 0 Å². The van der Waals surface area contributed by atoms with Crippen LogP contribution in [0.3, 0.4) is 0 Å². The molecule has 0 spiro atoms. The van der Waals surface area contributed by atoms with Crippen LogP contribution in [0.2, 0.25) is 0 Å². The summed E-state index contributed by atoms with van der Waals surface area (Å²) in [6.07, 6.45) is 2.68. The first kappa shape index (κ1) is 16.0. The van der Waals surface area contributed by atoms with Crippen LogP contribution < -0.4 is 5.32 Å². The van der Waals surface area contributed by atoms with E-state index in [1.54, 1.807) is 30.6 Å². The topological polar surface area (TPSA) is 47.0 Å². The molecule has 0 radical (unpaired) electrons. The highest BCUT2D eigenvalue weighted by molar-refractivity contribution is 7.11. The average molecular weight is 309 g/mol. The Morgan fingerprint density at radius 2 is 1.90 bits per heavy atom. The maximum absolute atomic E-state index is 12.8. The lowest BCUT2D eigenvalue weighted by molar-refractivity contribution is 0.199. The van der Waals surface area contributed by atoms with Crippen LogP contribution in [0.4, 0.5) is 4.39 Å². The van der Waals surface area contributed by atoms with E-state index in [0.29, 0.717) is 6.42 Å². The van der Waals surface area contributed by atoms with Crippen molar-refractivity contribution in [2.24, 2.45) is 0 Å². The lowest BCUT2D eigenvalue weighted by atomic mass is 10.2. The monoisotopic (exact) mass is 309 g/mol. The summed E-state index contributed by atoms with van der Waals surface area (Å²) in [5.74, 6) is -0.210. The summed E-state index contributed by atoms with van der Waals surface area (Å²) in [7, 11) is 1.70. The number of ether oxygens (including phenoxy) is 1. The van der Waals surface area contributed by atoms with Crippen LogP contribution in [0.5, 0.6) is 0 Å². The van der Waals surface area contributed by atoms with Crippen molar-refractivity contribution in [3.63, 3.8) is 0 Å². The number of benzene rings is 1. The number of halogens is 1. The first-order valence-corrected chi connectivity index (χ1v) is 7.85. The number of nitrogens with one attached hydrogen (secondary N) is 1. The van der Waals surface area contributed by atoms with E-state index in [2.05, 4.69) is 15.5 Å². The lowest BCUT2D eigenvalue weighted by Gasteiger charge is -2.01. The summed E-state index contributed by atoms with van der Waals surface area (Å²) in [5.41, 5.74) is 1.06. The second kappa shape index (κ2) is 8.81. The van der Waals surface area contributed by atoms with Gasteiger partial charge in [-0.25, -0.2) is 4.39 Å². The molecule has 0 atom stereocenters. The van der Waals surface area contributed by atoms with Gasteiger partial charge in [0, 0.05) is 26.5 Å². The van der Waals surface area contributed by atoms with Gasteiger partial charge in [0.1, 0.15) is 15.8 Å². The van der Waals surface area contributed by atoms with Crippen molar-refractivity contribution in [1.82, 2.24) is 15.5 Å². The zero-order valence-corrected chi connectivity index (χ0v) is 13.0. The van der Waals surface area contributed by atoms with Crippen molar-refractivity contribution in [3.8, 4) is 0 Å². The Labute approximate surface area is 128 Å². The number of nitrogens with zero attached hydrogens (tertiary/aromatic N) is 2. The van der Waals surface area contributed by atoms with Crippen molar-refractivity contribution < 1.29 is 9.13 Å². The quantitative estimate of drug-likeness (QED) is 0.723. The molecule has 1 N–H and O–H groups in total. The van der Waals surface area contributed by atoms with Crippen molar-refractivity contribution in [2.75, 3.05) is 26.8 Å². The predicted molar refractivity (Wildman–Crippen MR) is 82.2 cm³/mol. The minimum atomic E-state index is -0.210. The van der Waals surface area contributed by atoms with Crippen molar-refractivity contribution >= 4 is 11.3 Å². The summed E-state index contributed by atoms with van der Waals surface area (Å²) < 4.78 is 17.8. The fourth-order valence-corrected chi connectivity index (χ4v) is 2.82. The minimum Gasteiger partial charge on any atom is -0.383 e. The van der Waals surface area contributed by atoms with Gasteiger partial charge >= 0.3 is 0 Å². The van der Waals surface area contributed by atoms with E-state index in [4.69, 9.17) is 4.74 Å². The number of hydrogen-bond donors (Lipinski definition) is 1. The second-order valence-corrected chi connectivity index (χ2v) is 5.89. The Bertz CT molecular complexity index is 530. The summed E-state index contributed by atoms with van der Waals surface area (Å²) in [5, 5.41) is 13.7. The maximum atomic E-state index is 12.8. The minimum absolute atomic E-state index is 0.210. The summed E-state index contributed by atoms with van der Waals surface area (Å²) in [4.78, 5) is 0. The number of hydrogen-bond acceptors (Lipinski definition) is 5. The third-order valence-electron chi connectivity index (χ3n) is 3.00. The molecular formula is C15H20FN3OS. The molecule has 1 heterocycles. The zero-order valence-electron chi connectivity index (χ0n) is 12.1. The third-order valence-corrected chi connectivity index (χ3v) is 3.99. The third kappa shape index (κ3) is 5.87. The van der Waals surface area contributed by atoms with Gasteiger partial charge in [-0.3, -0.25) is 0 Å². The Hall–Kier alpha value is -1.37. The molecule has 0 bridgehead atoms. The van der Waals surface area contributed by atoms with Gasteiger partial charge in [-0.1, -0.05) is 12.1 Å². The van der Waals surface area contributed by atoms with Gasteiger partial charge in [0.15, 0.2) is 0 Å². The van der Waals surface area contributed by atoms with Gasteiger partial charge in [0.05, 0.1) is 6.61 Å². The molecule has 0 aliphatic rings. The fraction of sp³-hybridized carbons (Fsp3) is 0.467. The van der Waals surface area contributed by atoms with Crippen LogP contribution in [-0.2, 0) is 17.6 Å². The van der Waals surface area contributed by atoms with Gasteiger partial charge < -0.3 is 10.1 Å². The maximum Gasteiger partial charge on any atom is 0.123 e. The summed E-state index contributed by atoms with van der Waals surface area (Å²) in [6.45, 7) is 2.57. The van der Waals surface area contributed by atoms with Crippen LogP contribution in [0.1, 0.15) is 22.0 Å². The van der Waals surface area contributed by atoms with E-state index < -0.39 is 0 Å².